The molecule has 0 N–H and O–H groups in total. The van der Waals surface area contributed by atoms with Crippen molar-refractivity contribution in [3.63, 3.8) is 0 Å². The number of hydrogen-bond acceptors (Lipinski definition) is 1. The van der Waals surface area contributed by atoms with Crippen LogP contribution in [0.3, 0.4) is 0 Å². The Morgan fingerprint density at radius 1 is 1.17 bits per heavy atom. The van der Waals surface area contributed by atoms with E-state index in [4.69, 9.17) is 2.74 Å². The van der Waals surface area contributed by atoms with Crippen LogP contribution in [0.25, 0.3) is 11.3 Å². The highest BCUT2D eigenvalue weighted by Crippen LogP contribution is 2.18. The maximum atomic E-state index is 13.0. The molecule has 0 aliphatic rings. The van der Waals surface area contributed by atoms with Crippen molar-refractivity contribution in [3.05, 3.63) is 47.9 Å². The zero-order chi connectivity index (χ0) is 14.9. The van der Waals surface area contributed by atoms with Crippen LogP contribution in [0.2, 0.25) is 19.6 Å². The summed E-state index contributed by atoms with van der Waals surface area (Å²) in [5, 5.41) is 1.04. The number of benzene rings is 1. The predicted octanol–water partition coefficient (Wildman–Crippen LogP) is 3.74. The molecule has 1 nitrogen and oxygen atoms in total. The van der Waals surface area contributed by atoms with Crippen LogP contribution in [0, 0.1) is 12.7 Å². The zero-order valence-corrected chi connectivity index (χ0v) is 11.9. The Morgan fingerprint density at radius 2 is 1.83 bits per heavy atom. The average molecular weight is 261 g/mol. The fourth-order valence-corrected chi connectivity index (χ4v) is 3.27. The van der Waals surface area contributed by atoms with Crippen molar-refractivity contribution in [2.24, 2.45) is 0 Å². The summed E-state index contributed by atoms with van der Waals surface area (Å²) < 4.78 is 28.4. The lowest BCUT2D eigenvalue weighted by atomic mass is 10.1. The minimum absolute atomic E-state index is 0.286. The molecule has 0 saturated heterocycles. The first kappa shape index (κ1) is 10.4. The molecule has 1 aromatic heterocycles. The van der Waals surface area contributed by atoms with E-state index in [0.29, 0.717) is 11.3 Å². The molecular formula is C15H18FNSi. The number of halogens is 1. The summed E-state index contributed by atoms with van der Waals surface area (Å²) >= 11 is 0. The quantitative estimate of drug-likeness (QED) is 0.750. The second kappa shape index (κ2) is 4.65. The first-order chi connectivity index (χ1) is 9.29. The Kier molecular flexibility index (Phi) is 2.70. The number of rotatable bonds is 2. The summed E-state index contributed by atoms with van der Waals surface area (Å²) in [5.41, 5.74) is 2.19. The molecule has 0 radical (unpaired) electrons. The van der Waals surface area contributed by atoms with Crippen LogP contribution in [0.4, 0.5) is 4.39 Å². The predicted molar refractivity (Wildman–Crippen MR) is 77.3 cm³/mol. The summed E-state index contributed by atoms with van der Waals surface area (Å²) in [6, 6.07) is 7.91. The van der Waals surface area contributed by atoms with Gasteiger partial charge in [-0.25, -0.2) is 4.39 Å². The lowest BCUT2D eigenvalue weighted by Gasteiger charge is -2.19. The van der Waals surface area contributed by atoms with Crippen LogP contribution >= 0.6 is 0 Å². The van der Waals surface area contributed by atoms with Crippen molar-refractivity contribution in [1.29, 1.82) is 0 Å². The fraction of sp³-hybridized carbons (Fsp3) is 0.267. The van der Waals surface area contributed by atoms with Gasteiger partial charge >= 0.3 is 0 Å². The zero-order valence-electron chi connectivity index (χ0n) is 12.9. The third-order valence-corrected chi connectivity index (χ3v) is 4.92. The maximum absolute atomic E-state index is 13.0. The van der Waals surface area contributed by atoms with E-state index in [1.165, 1.54) is 12.1 Å². The van der Waals surface area contributed by atoms with Crippen molar-refractivity contribution in [1.82, 2.24) is 4.98 Å². The van der Waals surface area contributed by atoms with Crippen molar-refractivity contribution >= 4 is 13.3 Å². The minimum atomic E-state index is -1.64. The monoisotopic (exact) mass is 261 g/mol. The van der Waals surface area contributed by atoms with Gasteiger partial charge in [-0.1, -0.05) is 19.6 Å². The van der Waals surface area contributed by atoms with Crippen LogP contribution in [-0.2, 0) is 0 Å². The van der Waals surface area contributed by atoms with E-state index in [1.807, 2.05) is 0 Å². The summed E-state index contributed by atoms with van der Waals surface area (Å²) in [7, 11) is -1.64. The second-order valence-electron chi connectivity index (χ2n) is 5.41. The van der Waals surface area contributed by atoms with Gasteiger partial charge in [0, 0.05) is 14.5 Å². The molecule has 1 heterocycles. The molecule has 2 rings (SSSR count). The maximum Gasteiger partial charge on any atom is 0.123 e. The van der Waals surface area contributed by atoms with Gasteiger partial charge in [0.05, 0.1) is 13.8 Å². The van der Waals surface area contributed by atoms with E-state index in [9.17, 15) is 4.39 Å². The van der Waals surface area contributed by atoms with Gasteiger partial charge in [0.1, 0.15) is 5.82 Å². The third-order valence-electron chi connectivity index (χ3n) is 2.88. The largest absolute Gasteiger partial charge is 0.256 e. The molecule has 0 atom stereocenters. The van der Waals surface area contributed by atoms with Crippen LogP contribution in [0.5, 0.6) is 0 Å². The molecule has 2 aromatic rings. The molecule has 18 heavy (non-hydrogen) atoms. The van der Waals surface area contributed by atoms with Gasteiger partial charge in [-0.15, -0.1) is 0 Å². The van der Waals surface area contributed by atoms with Gasteiger partial charge in [-0.3, -0.25) is 4.98 Å². The summed E-state index contributed by atoms with van der Waals surface area (Å²) in [5.74, 6) is -0.286. The molecule has 1 aromatic carbocycles. The summed E-state index contributed by atoms with van der Waals surface area (Å²) in [4.78, 5) is 4.43. The van der Waals surface area contributed by atoms with E-state index in [1.54, 1.807) is 24.4 Å². The number of hydrogen-bond donors (Lipinski definition) is 0. The summed E-state index contributed by atoms with van der Waals surface area (Å²) in [6.45, 7) is 5.49. The molecule has 0 aliphatic heterocycles. The fourth-order valence-electron chi connectivity index (χ4n) is 1.88. The Hall–Kier alpha value is -1.48. The van der Waals surface area contributed by atoms with Crippen molar-refractivity contribution in [2.75, 3.05) is 0 Å². The SMILES string of the molecule is [2H]C([2H])c1cc(-c2ccc(F)cc2)ncc1[Si](C)(C)C. The molecule has 94 valence electrons. The normalized spacial score (nSPS) is 13.4. The van der Waals surface area contributed by atoms with Crippen molar-refractivity contribution in [3.8, 4) is 11.3 Å². The molecule has 0 amide bonds. The van der Waals surface area contributed by atoms with Crippen molar-refractivity contribution in [2.45, 2.75) is 26.5 Å². The van der Waals surface area contributed by atoms with E-state index in [2.05, 4.69) is 24.6 Å². The van der Waals surface area contributed by atoms with Gasteiger partial charge in [0.2, 0.25) is 0 Å². The average Bonchev–Trinajstić information content (AvgIpc) is 2.37. The Labute approximate surface area is 112 Å². The Balaban J connectivity index is 2.53. The number of pyridine rings is 1. The Bertz CT molecular complexity index is 606. The van der Waals surface area contributed by atoms with E-state index < -0.39 is 14.9 Å². The van der Waals surface area contributed by atoms with Crippen LogP contribution in [0.1, 0.15) is 8.30 Å². The second-order valence-corrected chi connectivity index (χ2v) is 10.5. The van der Waals surface area contributed by atoms with Gasteiger partial charge in [0.25, 0.3) is 0 Å². The standard InChI is InChI=1S/C15H18FNSi/c1-11-9-14(12-5-7-13(16)8-6-12)17-10-15(11)18(2,3)4/h5-10H,1-4H3/i1D2. The van der Waals surface area contributed by atoms with E-state index in [0.717, 1.165) is 10.8 Å². The van der Waals surface area contributed by atoms with E-state index >= 15 is 0 Å². The lowest BCUT2D eigenvalue weighted by Crippen LogP contribution is -2.39. The third kappa shape index (κ3) is 2.67. The van der Waals surface area contributed by atoms with Gasteiger partial charge < -0.3 is 0 Å². The highest BCUT2D eigenvalue weighted by atomic mass is 28.3. The van der Waals surface area contributed by atoms with Gasteiger partial charge in [0.15, 0.2) is 0 Å². The number of aryl methyl sites for hydroxylation is 1. The highest BCUT2D eigenvalue weighted by Gasteiger charge is 2.19. The first-order valence-electron chi connectivity index (χ1n) is 7.05. The molecule has 0 saturated carbocycles. The van der Waals surface area contributed by atoms with E-state index in [-0.39, 0.29) is 5.82 Å². The highest BCUT2D eigenvalue weighted by molar-refractivity contribution is 6.89. The molecule has 0 spiro atoms. The molecule has 0 aliphatic carbocycles. The Morgan fingerprint density at radius 3 is 2.39 bits per heavy atom. The molecule has 0 fully saturated rings. The summed E-state index contributed by atoms with van der Waals surface area (Å²) in [6.07, 6.45) is 1.79. The minimum Gasteiger partial charge on any atom is -0.256 e. The molecule has 0 unspecified atom stereocenters. The number of aromatic nitrogens is 1. The first-order valence-corrected chi connectivity index (χ1v) is 9.40. The lowest BCUT2D eigenvalue weighted by molar-refractivity contribution is 0.628. The molecular weight excluding hydrogens is 241 g/mol. The number of nitrogens with zero attached hydrogens (tertiary/aromatic N) is 1. The molecule has 3 heteroatoms. The van der Waals surface area contributed by atoms with Crippen LogP contribution in [-0.4, -0.2) is 13.1 Å². The topological polar surface area (TPSA) is 12.9 Å². The van der Waals surface area contributed by atoms with Gasteiger partial charge in [-0.05, 0) is 48.0 Å². The molecule has 0 bridgehead atoms. The smallest absolute Gasteiger partial charge is 0.123 e. The van der Waals surface area contributed by atoms with Gasteiger partial charge in [-0.2, -0.15) is 0 Å². The van der Waals surface area contributed by atoms with Crippen LogP contribution < -0.4 is 5.19 Å². The van der Waals surface area contributed by atoms with Crippen molar-refractivity contribution < 1.29 is 7.13 Å². The van der Waals surface area contributed by atoms with Crippen LogP contribution in [0.15, 0.2) is 36.5 Å².